The second-order valence-corrected chi connectivity index (χ2v) is 7.29. The van der Waals surface area contributed by atoms with E-state index < -0.39 is 22.1 Å². The number of carbonyl (C=O) groups excluding carboxylic acids is 1. The Morgan fingerprint density at radius 3 is 2.33 bits per heavy atom. The summed E-state index contributed by atoms with van der Waals surface area (Å²) in [7, 11) is -3.74. The number of nitrogens with zero attached hydrogens (tertiary/aromatic N) is 1. The molecule has 1 aliphatic heterocycles. The molecule has 0 radical (unpaired) electrons. The SMILES string of the molecule is CC(C)CNC(=O)CNS(=O)(=O)N1CCC(C(=O)O)CC1. The van der Waals surface area contributed by atoms with E-state index in [-0.39, 0.29) is 38.4 Å². The van der Waals surface area contributed by atoms with Crippen LogP contribution >= 0.6 is 0 Å². The van der Waals surface area contributed by atoms with Crippen LogP contribution in [0.15, 0.2) is 0 Å². The number of hydrogen-bond acceptors (Lipinski definition) is 4. The van der Waals surface area contributed by atoms with Crippen LogP contribution in [0.1, 0.15) is 26.7 Å². The highest BCUT2D eigenvalue weighted by Crippen LogP contribution is 2.18. The fourth-order valence-corrected chi connectivity index (χ4v) is 3.16. The maximum Gasteiger partial charge on any atom is 0.306 e. The summed E-state index contributed by atoms with van der Waals surface area (Å²) < 4.78 is 27.4. The van der Waals surface area contributed by atoms with E-state index in [0.29, 0.717) is 12.5 Å². The van der Waals surface area contributed by atoms with Crippen LogP contribution in [0, 0.1) is 11.8 Å². The summed E-state index contributed by atoms with van der Waals surface area (Å²) in [5.74, 6) is -1.48. The van der Waals surface area contributed by atoms with Crippen LogP contribution in [0.2, 0.25) is 0 Å². The second kappa shape index (κ2) is 7.71. The summed E-state index contributed by atoms with van der Waals surface area (Å²) in [5, 5.41) is 11.5. The van der Waals surface area contributed by atoms with E-state index in [1.807, 2.05) is 13.8 Å². The quantitative estimate of drug-likeness (QED) is 0.578. The molecule has 0 spiro atoms. The third-order valence-corrected chi connectivity index (χ3v) is 4.82. The molecule has 0 aromatic carbocycles. The van der Waals surface area contributed by atoms with Crippen molar-refractivity contribution in [1.82, 2.24) is 14.3 Å². The van der Waals surface area contributed by atoms with Gasteiger partial charge < -0.3 is 10.4 Å². The molecule has 0 aromatic heterocycles. The summed E-state index contributed by atoms with van der Waals surface area (Å²) in [6.07, 6.45) is 0.575. The Morgan fingerprint density at radius 2 is 1.86 bits per heavy atom. The molecule has 1 heterocycles. The van der Waals surface area contributed by atoms with Crippen molar-refractivity contribution in [1.29, 1.82) is 0 Å². The largest absolute Gasteiger partial charge is 0.481 e. The molecular formula is C12H23N3O5S. The van der Waals surface area contributed by atoms with Gasteiger partial charge in [-0.3, -0.25) is 9.59 Å². The Morgan fingerprint density at radius 1 is 1.29 bits per heavy atom. The van der Waals surface area contributed by atoms with Crippen molar-refractivity contribution < 1.29 is 23.1 Å². The minimum Gasteiger partial charge on any atom is -0.481 e. The predicted molar refractivity (Wildman–Crippen MR) is 76.7 cm³/mol. The fraction of sp³-hybridized carbons (Fsp3) is 0.833. The molecule has 1 amide bonds. The van der Waals surface area contributed by atoms with Crippen molar-refractivity contribution in [3.8, 4) is 0 Å². The highest BCUT2D eigenvalue weighted by Gasteiger charge is 2.30. The molecule has 0 bridgehead atoms. The Labute approximate surface area is 125 Å². The van der Waals surface area contributed by atoms with Gasteiger partial charge in [0.1, 0.15) is 0 Å². The van der Waals surface area contributed by atoms with E-state index in [4.69, 9.17) is 5.11 Å². The molecule has 1 aliphatic rings. The van der Waals surface area contributed by atoms with Gasteiger partial charge in [0, 0.05) is 19.6 Å². The van der Waals surface area contributed by atoms with Gasteiger partial charge in [-0.25, -0.2) is 0 Å². The molecule has 1 fully saturated rings. The van der Waals surface area contributed by atoms with Crippen molar-refractivity contribution >= 4 is 22.1 Å². The Kier molecular flexibility index (Phi) is 6.56. The van der Waals surface area contributed by atoms with Crippen LogP contribution in [0.3, 0.4) is 0 Å². The van der Waals surface area contributed by atoms with Gasteiger partial charge in [-0.05, 0) is 18.8 Å². The molecule has 3 N–H and O–H groups in total. The third-order valence-electron chi connectivity index (χ3n) is 3.27. The molecule has 0 aliphatic carbocycles. The number of aliphatic carboxylic acids is 1. The Hall–Kier alpha value is -1.19. The summed E-state index contributed by atoms with van der Waals surface area (Å²) in [4.78, 5) is 22.3. The summed E-state index contributed by atoms with van der Waals surface area (Å²) in [5.41, 5.74) is 0. The van der Waals surface area contributed by atoms with Gasteiger partial charge in [0.25, 0.3) is 10.2 Å². The lowest BCUT2D eigenvalue weighted by Gasteiger charge is -2.29. The first-order valence-corrected chi connectivity index (χ1v) is 8.40. The first kappa shape index (κ1) is 17.9. The number of amides is 1. The molecule has 9 heteroatoms. The number of nitrogens with one attached hydrogen (secondary N) is 2. The van der Waals surface area contributed by atoms with Gasteiger partial charge >= 0.3 is 5.97 Å². The van der Waals surface area contributed by atoms with Crippen molar-refractivity contribution in [3.05, 3.63) is 0 Å². The van der Waals surface area contributed by atoms with Crippen molar-refractivity contribution in [2.75, 3.05) is 26.2 Å². The van der Waals surface area contributed by atoms with Gasteiger partial charge in [0.05, 0.1) is 12.5 Å². The van der Waals surface area contributed by atoms with Crippen molar-refractivity contribution in [2.45, 2.75) is 26.7 Å². The monoisotopic (exact) mass is 321 g/mol. The number of rotatable bonds is 7. The first-order valence-electron chi connectivity index (χ1n) is 6.96. The van der Waals surface area contributed by atoms with Crippen LogP contribution in [0.4, 0.5) is 0 Å². The Bertz CT molecular complexity index is 469. The number of carbonyl (C=O) groups is 2. The number of carboxylic acid groups (broad SMARTS) is 1. The van der Waals surface area contributed by atoms with Crippen LogP contribution in [0.5, 0.6) is 0 Å². The molecule has 21 heavy (non-hydrogen) atoms. The minimum absolute atomic E-state index is 0.153. The van der Waals surface area contributed by atoms with E-state index in [1.165, 1.54) is 4.31 Å². The second-order valence-electron chi connectivity index (χ2n) is 5.54. The predicted octanol–water partition coefficient (Wildman–Crippen LogP) is -0.610. The van der Waals surface area contributed by atoms with Gasteiger partial charge in [-0.2, -0.15) is 17.4 Å². The van der Waals surface area contributed by atoms with E-state index in [2.05, 4.69) is 10.0 Å². The highest BCUT2D eigenvalue weighted by molar-refractivity contribution is 7.87. The van der Waals surface area contributed by atoms with Gasteiger partial charge in [0.2, 0.25) is 5.91 Å². The smallest absolute Gasteiger partial charge is 0.306 e. The molecule has 0 atom stereocenters. The standard InChI is InChI=1S/C12H23N3O5S/c1-9(2)7-13-11(16)8-14-21(19,20)15-5-3-10(4-6-15)12(17)18/h9-10,14H,3-8H2,1-2H3,(H,13,16)(H,17,18). The Balaban J connectivity index is 2.40. The van der Waals surface area contributed by atoms with Crippen molar-refractivity contribution in [2.24, 2.45) is 11.8 Å². The van der Waals surface area contributed by atoms with E-state index in [9.17, 15) is 18.0 Å². The maximum absolute atomic E-state index is 12.0. The zero-order valence-corrected chi connectivity index (χ0v) is 13.1. The normalized spacial score (nSPS) is 17.9. The highest BCUT2D eigenvalue weighted by atomic mass is 32.2. The van der Waals surface area contributed by atoms with E-state index >= 15 is 0 Å². The fourth-order valence-electron chi connectivity index (χ4n) is 1.97. The molecule has 8 nitrogen and oxygen atoms in total. The average molecular weight is 321 g/mol. The van der Waals surface area contributed by atoms with Crippen LogP contribution in [-0.4, -0.2) is 55.9 Å². The molecule has 0 unspecified atom stereocenters. The number of hydrogen-bond donors (Lipinski definition) is 3. The number of carboxylic acids is 1. The van der Waals surface area contributed by atoms with Gasteiger partial charge in [-0.1, -0.05) is 13.8 Å². The molecule has 1 saturated heterocycles. The number of piperidine rings is 1. The summed E-state index contributed by atoms with van der Waals surface area (Å²) in [6, 6.07) is 0. The molecule has 0 saturated carbocycles. The lowest BCUT2D eigenvalue weighted by atomic mass is 9.99. The van der Waals surface area contributed by atoms with E-state index in [0.717, 1.165) is 0 Å². The molecule has 0 aromatic rings. The van der Waals surface area contributed by atoms with Gasteiger partial charge in [-0.15, -0.1) is 0 Å². The lowest BCUT2D eigenvalue weighted by Crippen LogP contribution is -2.48. The molecule has 122 valence electrons. The maximum atomic E-state index is 12.0. The van der Waals surface area contributed by atoms with Crippen LogP contribution in [-0.2, 0) is 19.8 Å². The molecular weight excluding hydrogens is 298 g/mol. The first-order chi connectivity index (χ1) is 9.72. The lowest BCUT2D eigenvalue weighted by molar-refractivity contribution is -0.142. The summed E-state index contributed by atoms with van der Waals surface area (Å²) in [6.45, 7) is 4.37. The van der Waals surface area contributed by atoms with Gasteiger partial charge in [0.15, 0.2) is 0 Å². The van der Waals surface area contributed by atoms with Crippen molar-refractivity contribution in [3.63, 3.8) is 0 Å². The van der Waals surface area contributed by atoms with E-state index in [1.54, 1.807) is 0 Å². The zero-order valence-electron chi connectivity index (χ0n) is 12.3. The zero-order chi connectivity index (χ0) is 16.0. The van der Waals surface area contributed by atoms with Crippen LogP contribution in [0.25, 0.3) is 0 Å². The molecule has 1 rings (SSSR count). The third kappa shape index (κ3) is 5.98. The average Bonchev–Trinajstić information content (AvgIpc) is 2.43. The minimum atomic E-state index is -3.74. The summed E-state index contributed by atoms with van der Waals surface area (Å²) >= 11 is 0. The topological polar surface area (TPSA) is 116 Å². The van der Waals surface area contributed by atoms with Crippen LogP contribution < -0.4 is 10.0 Å².